The first-order valence-corrected chi connectivity index (χ1v) is 11.9. The van der Waals surface area contributed by atoms with E-state index in [1.54, 1.807) is 0 Å². The number of nitrogens with one attached hydrogen (secondary N) is 1. The molecule has 4 rings (SSSR count). The Labute approximate surface area is 182 Å². The number of rotatable bonds is 9. The van der Waals surface area contributed by atoms with Crippen molar-refractivity contribution in [2.75, 3.05) is 18.8 Å². The third-order valence-corrected chi connectivity index (χ3v) is 6.49. The summed E-state index contributed by atoms with van der Waals surface area (Å²) in [4.78, 5) is 19.6. The van der Waals surface area contributed by atoms with E-state index in [0.717, 1.165) is 41.3 Å². The minimum Gasteiger partial charge on any atom is -0.351 e. The van der Waals surface area contributed by atoms with Gasteiger partial charge in [-0.2, -0.15) is 0 Å². The lowest BCUT2D eigenvalue weighted by molar-refractivity contribution is -0.118. The molecule has 6 heteroatoms. The number of benzene rings is 2. The first kappa shape index (κ1) is 20.9. The summed E-state index contributed by atoms with van der Waals surface area (Å²) in [5.41, 5.74) is 4.60. The number of likely N-dealkylation sites (tertiary alicyclic amines) is 1. The van der Waals surface area contributed by atoms with Gasteiger partial charge in [0.25, 0.3) is 0 Å². The summed E-state index contributed by atoms with van der Waals surface area (Å²) in [6.07, 6.45) is 3.67. The van der Waals surface area contributed by atoms with Crippen LogP contribution in [0.1, 0.15) is 37.3 Å². The Hall–Kier alpha value is -2.31. The van der Waals surface area contributed by atoms with Gasteiger partial charge in [0.05, 0.1) is 16.8 Å². The molecule has 1 aliphatic rings. The Kier molecular flexibility index (Phi) is 7.07. The number of para-hydroxylation sites is 2. The summed E-state index contributed by atoms with van der Waals surface area (Å²) in [6, 6.07) is 16.8. The Bertz CT molecular complexity index is 977. The van der Waals surface area contributed by atoms with Gasteiger partial charge in [0.1, 0.15) is 0 Å². The number of aromatic nitrogens is 2. The maximum Gasteiger partial charge on any atom is 0.230 e. The molecule has 1 amide bonds. The van der Waals surface area contributed by atoms with Crippen molar-refractivity contribution in [2.24, 2.45) is 0 Å². The minimum atomic E-state index is 0.0382. The molecule has 0 spiro atoms. The zero-order valence-electron chi connectivity index (χ0n) is 17.6. The molecule has 1 aliphatic heterocycles. The Morgan fingerprint density at radius 3 is 2.57 bits per heavy atom. The van der Waals surface area contributed by atoms with Crippen molar-refractivity contribution in [3.05, 3.63) is 59.7 Å². The fraction of sp³-hybridized carbons (Fsp3) is 0.417. The lowest BCUT2D eigenvalue weighted by Gasteiger charge is -2.14. The van der Waals surface area contributed by atoms with E-state index in [0.29, 0.717) is 12.3 Å². The van der Waals surface area contributed by atoms with Crippen LogP contribution in [0.25, 0.3) is 11.0 Å². The second-order valence-corrected chi connectivity index (χ2v) is 8.84. The predicted molar refractivity (Wildman–Crippen MR) is 124 cm³/mol. The summed E-state index contributed by atoms with van der Waals surface area (Å²) < 4.78 is 2.21. The maximum absolute atomic E-state index is 12.4. The molecule has 5 nitrogen and oxygen atoms in total. The van der Waals surface area contributed by atoms with Crippen molar-refractivity contribution in [1.82, 2.24) is 19.8 Å². The van der Waals surface area contributed by atoms with Gasteiger partial charge in [-0.05, 0) is 55.6 Å². The van der Waals surface area contributed by atoms with Crippen LogP contribution in [0.2, 0.25) is 0 Å². The fourth-order valence-corrected chi connectivity index (χ4v) is 4.82. The second kappa shape index (κ2) is 10.1. The molecule has 158 valence electrons. The smallest absolute Gasteiger partial charge is 0.230 e. The summed E-state index contributed by atoms with van der Waals surface area (Å²) in [6.45, 7) is 7.08. The number of imidazole rings is 1. The first-order chi connectivity index (χ1) is 14.7. The molecule has 0 atom stereocenters. The number of hydrogen-bond donors (Lipinski definition) is 1. The summed E-state index contributed by atoms with van der Waals surface area (Å²) in [5.74, 6) is 0.413. The van der Waals surface area contributed by atoms with E-state index < -0.39 is 0 Å². The predicted octanol–water partition coefficient (Wildman–Crippen LogP) is 4.45. The monoisotopic (exact) mass is 422 g/mol. The van der Waals surface area contributed by atoms with E-state index in [1.807, 2.05) is 18.2 Å². The summed E-state index contributed by atoms with van der Waals surface area (Å²) in [7, 11) is 0. The maximum atomic E-state index is 12.4. The second-order valence-electron chi connectivity index (χ2n) is 7.90. The van der Waals surface area contributed by atoms with Crippen LogP contribution in [0.3, 0.4) is 0 Å². The largest absolute Gasteiger partial charge is 0.351 e. The number of aryl methyl sites for hydroxylation is 1. The van der Waals surface area contributed by atoms with E-state index in [4.69, 9.17) is 4.98 Å². The van der Waals surface area contributed by atoms with Crippen LogP contribution in [0.4, 0.5) is 0 Å². The third-order valence-electron chi connectivity index (χ3n) is 5.52. The van der Waals surface area contributed by atoms with Crippen LogP contribution < -0.4 is 5.32 Å². The Balaban J connectivity index is 1.28. The average molecular weight is 423 g/mol. The number of fused-ring (bicyclic) bond motifs is 1. The molecule has 0 radical (unpaired) electrons. The van der Waals surface area contributed by atoms with Gasteiger partial charge in [0.2, 0.25) is 5.91 Å². The standard InChI is InChI=1S/C24H30N4OS/c1-2-13-28-22-8-4-3-7-21(22)26-24(28)30-18-23(29)25-16-19-9-11-20(12-10-19)17-27-14-5-6-15-27/h3-4,7-12H,2,5-6,13-18H2,1H3,(H,25,29). The quantitative estimate of drug-likeness (QED) is 0.518. The van der Waals surface area contributed by atoms with Crippen LogP contribution in [-0.4, -0.2) is 39.2 Å². The van der Waals surface area contributed by atoms with Crippen molar-refractivity contribution in [3.63, 3.8) is 0 Å². The number of carbonyl (C=O) groups is 1. The number of carbonyl (C=O) groups excluding carboxylic acids is 1. The van der Waals surface area contributed by atoms with Crippen LogP contribution in [0.15, 0.2) is 53.7 Å². The topological polar surface area (TPSA) is 50.2 Å². The zero-order chi connectivity index (χ0) is 20.8. The highest BCUT2D eigenvalue weighted by Crippen LogP contribution is 2.24. The van der Waals surface area contributed by atoms with Gasteiger partial charge in [-0.1, -0.05) is 55.1 Å². The van der Waals surface area contributed by atoms with Crippen molar-refractivity contribution >= 4 is 28.7 Å². The average Bonchev–Trinajstić information content (AvgIpc) is 3.40. The zero-order valence-corrected chi connectivity index (χ0v) is 18.5. The molecule has 3 aromatic rings. The van der Waals surface area contributed by atoms with Crippen LogP contribution in [-0.2, 0) is 24.4 Å². The molecule has 30 heavy (non-hydrogen) atoms. The lowest BCUT2D eigenvalue weighted by Crippen LogP contribution is -2.24. The van der Waals surface area contributed by atoms with E-state index in [1.165, 1.54) is 43.3 Å². The van der Waals surface area contributed by atoms with Crippen LogP contribution >= 0.6 is 11.8 Å². The van der Waals surface area contributed by atoms with Crippen molar-refractivity contribution in [3.8, 4) is 0 Å². The number of thioether (sulfide) groups is 1. The highest BCUT2D eigenvalue weighted by Gasteiger charge is 2.13. The van der Waals surface area contributed by atoms with Crippen LogP contribution in [0, 0.1) is 0 Å². The lowest BCUT2D eigenvalue weighted by atomic mass is 10.1. The van der Waals surface area contributed by atoms with Crippen molar-refractivity contribution in [2.45, 2.75) is 51.0 Å². The molecule has 0 unspecified atom stereocenters. The van der Waals surface area contributed by atoms with Gasteiger partial charge in [-0.15, -0.1) is 0 Å². The fourth-order valence-electron chi connectivity index (χ4n) is 3.95. The molecule has 1 aromatic heterocycles. The van der Waals surface area contributed by atoms with Gasteiger partial charge in [0.15, 0.2) is 5.16 Å². The molecule has 1 fully saturated rings. The molecule has 1 saturated heterocycles. The van der Waals surface area contributed by atoms with Gasteiger partial charge in [-0.25, -0.2) is 4.98 Å². The van der Waals surface area contributed by atoms with Crippen molar-refractivity contribution in [1.29, 1.82) is 0 Å². The highest BCUT2D eigenvalue weighted by molar-refractivity contribution is 7.99. The molecule has 0 aliphatic carbocycles. The Morgan fingerprint density at radius 1 is 1.07 bits per heavy atom. The van der Waals surface area contributed by atoms with Gasteiger partial charge < -0.3 is 9.88 Å². The van der Waals surface area contributed by atoms with Gasteiger partial charge in [0, 0.05) is 19.6 Å². The molecular weight excluding hydrogens is 392 g/mol. The van der Waals surface area contributed by atoms with Gasteiger partial charge in [-0.3, -0.25) is 9.69 Å². The highest BCUT2D eigenvalue weighted by atomic mass is 32.2. The summed E-state index contributed by atoms with van der Waals surface area (Å²) >= 11 is 1.51. The van der Waals surface area contributed by atoms with E-state index >= 15 is 0 Å². The van der Waals surface area contributed by atoms with Crippen molar-refractivity contribution < 1.29 is 4.79 Å². The summed E-state index contributed by atoms with van der Waals surface area (Å²) in [5, 5.41) is 3.96. The SMILES string of the molecule is CCCn1c(SCC(=O)NCc2ccc(CN3CCCC3)cc2)nc2ccccc21. The number of hydrogen-bond acceptors (Lipinski definition) is 4. The van der Waals surface area contributed by atoms with E-state index in [-0.39, 0.29) is 5.91 Å². The molecule has 0 saturated carbocycles. The molecular formula is C24H30N4OS. The molecule has 1 N–H and O–H groups in total. The molecule has 0 bridgehead atoms. The molecule has 2 heterocycles. The van der Waals surface area contributed by atoms with E-state index in [9.17, 15) is 4.79 Å². The normalized spacial score (nSPS) is 14.4. The Morgan fingerprint density at radius 2 is 1.80 bits per heavy atom. The van der Waals surface area contributed by atoms with Gasteiger partial charge >= 0.3 is 0 Å². The number of amides is 1. The molecule has 2 aromatic carbocycles. The van der Waals surface area contributed by atoms with E-state index in [2.05, 4.69) is 52.0 Å². The third kappa shape index (κ3) is 5.24. The van der Waals surface area contributed by atoms with Crippen LogP contribution in [0.5, 0.6) is 0 Å². The first-order valence-electron chi connectivity index (χ1n) is 10.9. The minimum absolute atomic E-state index is 0.0382. The number of nitrogens with zero attached hydrogens (tertiary/aromatic N) is 3.